The number of carbonyl (C=O) groups is 3. The van der Waals surface area contributed by atoms with Gasteiger partial charge in [-0.25, -0.2) is 9.59 Å². The third kappa shape index (κ3) is 2.38. The number of nitrogens with one attached hydrogen (secondary N) is 2. The summed E-state index contributed by atoms with van der Waals surface area (Å²) in [6, 6.07) is 7.51. The topological polar surface area (TPSA) is 87.7 Å². The lowest BCUT2D eigenvalue weighted by Crippen LogP contribution is -2.66. The van der Waals surface area contributed by atoms with Crippen LogP contribution in [-0.2, 0) is 14.3 Å². The number of hydrogen-bond donors (Lipinski definition) is 2. The smallest absolute Gasteiger partial charge is 0.336 e. The van der Waals surface area contributed by atoms with Gasteiger partial charge in [0.25, 0.3) is 0 Å². The number of esters is 1. The number of rotatable bonds is 2. The van der Waals surface area contributed by atoms with Gasteiger partial charge in [0.1, 0.15) is 12.8 Å². The third-order valence-electron chi connectivity index (χ3n) is 5.46. The molecule has 3 atom stereocenters. The zero-order chi connectivity index (χ0) is 18.6. The van der Waals surface area contributed by atoms with E-state index in [4.69, 9.17) is 4.74 Å². The average molecular weight is 355 g/mol. The molecule has 2 N–H and O–H groups in total. The van der Waals surface area contributed by atoms with Crippen LogP contribution in [0.15, 0.2) is 35.5 Å². The van der Waals surface area contributed by atoms with Gasteiger partial charge >= 0.3 is 12.0 Å². The molecule has 3 aliphatic heterocycles. The second-order valence-corrected chi connectivity index (χ2v) is 7.29. The van der Waals surface area contributed by atoms with Crippen molar-refractivity contribution in [2.24, 2.45) is 5.92 Å². The maximum absolute atomic E-state index is 12.7. The molecule has 1 saturated heterocycles. The fraction of sp³-hybridized carbons (Fsp3) is 0.421. The Kier molecular flexibility index (Phi) is 3.75. The van der Waals surface area contributed by atoms with Gasteiger partial charge in [0, 0.05) is 13.0 Å². The Morgan fingerprint density at radius 2 is 1.85 bits per heavy atom. The first-order valence-electron chi connectivity index (χ1n) is 8.72. The van der Waals surface area contributed by atoms with Crippen LogP contribution in [0.4, 0.5) is 4.79 Å². The number of cyclic esters (lactones) is 1. The minimum Gasteiger partial charge on any atom is -0.456 e. The van der Waals surface area contributed by atoms with Crippen LogP contribution in [0.2, 0.25) is 0 Å². The molecule has 4 rings (SSSR count). The van der Waals surface area contributed by atoms with Crippen molar-refractivity contribution < 1.29 is 19.1 Å². The minimum absolute atomic E-state index is 0.140. The predicted molar refractivity (Wildman–Crippen MR) is 93.0 cm³/mol. The first-order chi connectivity index (χ1) is 12.4. The Bertz CT molecular complexity index is 828. The van der Waals surface area contributed by atoms with E-state index in [0.29, 0.717) is 17.2 Å². The second kappa shape index (κ2) is 5.86. The molecule has 3 heterocycles. The number of imide groups is 1. The highest BCUT2D eigenvalue weighted by molar-refractivity contribution is 6.02. The van der Waals surface area contributed by atoms with Crippen LogP contribution in [0.3, 0.4) is 0 Å². The summed E-state index contributed by atoms with van der Waals surface area (Å²) in [4.78, 5) is 38.5. The van der Waals surface area contributed by atoms with Crippen LogP contribution < -0.4 is 10.6 Å². The lowest BCUT2D eigenvalue weighted by Gasteiger charge is -2.45. The average Bonchev–Trinajstić information content (AvgIpc) is 2.99. The van der Waals surface area contributed by atoms with E-state index >= 15 is 0 Å². The lowest BCUT2D eigenvalue weighted by atomic mass is 9.74. The first kappa shape index (κ1) is 16.6. The molecule has 1 aromatic rings. The molecule has 3 aliphatic rings. The van der Waals surface area contributed by atoms with E-state index in [1.807, 2.05) is 24.3 Å². The first-order valence-corrected chi connectivity index (χ1v) is 8.72. The number of hydrogen-bond acceptors (Lipinski definition) is 5. The van der Waals surface area contributed by atoms with E-state index in [-0.39, 0.29) is 12.5 Å². The summed E-state index contributed by atoms with van der Waals surface area (Å²) in [5.41, 5.74) is 3.20. The van der Waals surface area contributed by atoms with Gasteiger partial charge in [-0.05, 0) is 17.0 Å². The van der Waals surface area contributed by atoms with Crippen molar-refractivity contribution in [3.63, 3.8) is 0 Å². The number of amides is 3. The van der Waals surface area contributed by atoms with E-state index in [2.05, 4.69) is 24.5 Å². The fourth-order valence-electron chi connectivity index (χ4n) is 3.98. The lowest BCUT2D eigenvalue weighted by molar-refractivity contribution is -0.136. The van der Waals surface area contributed by atoms with Crippen molar-refractivity contribution in [3.8, 4) is 0 Å². The molecular formula is C19H21N3O4. The van der Waals surface area contributed by atoms with Gasteiger partial charge in [-0.3, -0.25) is 10.1 Å². The monoisotopic (exact) mass is 355 g/mol. The number of carbonyl (C=O) groups excluding carboxylic acids is 3. The molecule has 0 radical (unpaired) electrons. The molecule has 7 nitrogen and oxygen atoms in total. The van der Waals surface area contributed by atoms with Crippen LogP contribution in [0.25, 0.3) is 0 Å². The Morgan fingerprint density at radius 3 is 2.50 bits per heavy atom. The van der Waals surface area contributed by atoms with Gasteiger partial charge in [0.05, 0.1) is 17.2 Å². The summed E-state index contributed by atoms with van der Waals surface area (Å²) in [5.74, 6) is -1.46. The Morgan fingerprint density at radius 1 is 1.15 bits per heavy atom. The summed E-state index contributed by atoms with van der Waals surface area (Å²) >= 11 is 0. The quantitative estimate of drug-likeness (QED) is 0.784. The molecule has 0 saturated carbocycles. The highest BCUT2D eigenvalue weighted by atomic mass is 16.5. The van der Waals surface area contributed by atoms with Crippen molar-refractivity contribution in [2.75, 3.05) is 13.7 Å². The number of benzene rings is 1. The van der Waals surface area contributed by atoms with Gasteiger partial charge < -0.3 is 15.0 Å². The number of fused-ring (bicyclic) bond motifs is 1. The third-order valence-corrected chi connectivity index (χ3v) is 5.46. The molecule has 26 heavy (non-hydrogen) atoms. The van der Waals surface area contributed by atoms with Gasteiger partial charge in [-0.15, -0.1) is 0 Å². The Labute approximate surface area is 151 Å². The maximum Gasteiger partial charge on any atom is 0.336 e. The predicted octanol–water partition coefficient (Wildman–Crippen LogP) is 1.43. The van der Waals surface area contributed by atoms with Crippen molar-refractivity contribution >= 4 is 17.9 Å². The molecule has 3 unspecified atom stereocenters. The molecule has 0 aromatic heterocycles. The summed E-state index contributed by atoms with van der Waals surface area (Å²) in [5, 5.41) is 5.55. The zero-order valence-electron chi connectivity index (χ0n) is 14.9. The van der Waals surface area contributed by atoms with Crippen LogP contribution in [0.1, 0.15) is 36.8 Å². The Hall–Kier alpha value is -2.83. The van der Waals surface area contributed by atoms with Crippen molar-refractivity contribution in [3.05, 3.63) is 46.7 Å². The SMILES string of the molecule is CC(C)c1ccc(C2C3=C(COC3=O)NC3C2C(=O)NC(=O)N3C)cc1. The number of ether oxygens (including phenoxy) is 1. The molecule has 1 fully saturated rings. The van der Waals surface area contributed by atoms with Crippen molar-refractivity contribution in [1.29, 1.82) is 0 Å². The molecule has 0 spiro atoms. The van der Waals surface area contributed by atoms with Crippen molar-refractivity contribution in [1.82, 2.24) is 15.5 Å². The van der Waals surface area contributed by atoms with Crippen LogP contribution >= 0.6 is 0 Å². The van der Waals surface area contributed by atoms with Crippen LogP contribution in [0.5, 0.6) is 0 Å². The summed E-state index contributed by atoms with van der Waals surface area (Å²) in [7, 11) is 1.63. The summed E-state index contributed by atoms with van der Waals surface area (Å²) in [6.45, 7) is 4.36. The molecule has 3 amide bonds. The summed E-state index contributed by atoms with van der Waals surface area (Å²) < 4.78 is 5.21. The van der Waals surface area contributed by atoms with Crippen LogP contribution in [0, 0.1) is 5.92 Å². The highest BCUT2D eigenvalue weighted by Gasteiger charge is 2.52. The van der Waals surface area contributed by atoms with Gasteiger partial charge in [0.2, 0.25) is 5.91 Å². The molecular weight excluding hydrogens is 334 g/mol. The van der Waals surface area contributed by atoms with E-state index < -0.39 is 30.0 Å². The second-order valence-electron chi connectivity index (χ2n) is 7.29. The highest BCUT2D eigenvalue weighted by Crippen LogP contribution is 2.43. The van der Waals surface area contributed by atoms with Gasteiger partial charge in [-0.1, -0.05) is 38.1 Å². The maximum atomic E-state index is 12.7. The van der Waals surface area contributed by atoms with Gasteiger partial charge in [0.15, 0.2) is 0 Å². The number of urea groups is 1. The fourth-order valence-corrected chi connectivity index (χ4v) is 3.98. The Balaban J connectivity index is 1.83. The zero-order valence-corrected chi connectivity index (χ0v) is 14.9. The molecule has 136 valence electrons. The van der Waals surface area contributed by atoms with Gasteiger partial charge in [-0.2, -0.15) is 0 Å². The normalized spacial score (nSPS) is 27.8. The van der Waals surface area contributed by atoms with E-state index in [9.17, 15) is 14.4 Å². The molecule has 1 aromatic carbocycles. The van der Waals surface area contributed by atoms with E-state index in [1.54, 1.807) is 7.05 Å². The molecule has 0 bridgehead atoms. The number of nitrogens with zero attached hydrogens (tertiary/aromatic N) is 1. The van der Waals surface area contributed by atoms with E-state index in [0.717, 1.165) is 5.56 Å². The van der Waals surface area contributed by atoms with Crippen LogP contribution in [-0.4, -0.2) is 42.6 Å². The minimum atomic E-state index is -0.605. The van der Waals surface area contributed by atoms with E-state index in [1.165, 1.54) is 10.5 Å². The largest absolute Gasteiger partial charge is 0.456 e. The standard InChI is InChI=1S/C19H21N3O4/c1-9(2)10-4-6-11(7-5-10)13-14-12(8-26-18(14)24)20-16-15(13)17(23)21-19(25)22(16)3/h4-7,9,13,15-16,20H,8H2,1-3H3,(H,21,23,25). The molecule has 0 aliphatic carbocycles. The summed E-state index contributed by atoms with van der Waals surface area (Å²) in [6.07, 6.45) is -0.515. The van der Waals surface area contributed by atoms with Crippen molar-refractivity contribution in [2.45, 2.75) is 31.8 Å². The molecule has 7 heteroatoms.